The van der Waals surface area contributed by atoms with Crippen LogP contribution in [0, 0.1) is 17.3 Å². The Balaban J connectivity index is 2.05. The summed E-state index contributed by atoms with van der Waals surface area (Å²) in [5.41, 5.74) is 6.47. The van der Waals surface area contributed by atoms with Crippen molar-refractivity contribution in [2.75, 3.05) is 6.54 Å². The van der Waals surface area contributed by atoms with Gasteiger partial charge in [-0.25, -0.2) is 0 Å². The quantitative estimate of drug-likeness (QED) is 0.646. The summed E-state index contributed by atoms with van der Waals surface area (Å²) in [5.74, 6) is 1.96. The fourth-order valence-electron chi connectivity index (χ4n) is 2.85. The smallest absolute Gasteiger partial charge is 0.00178 e. The van der Waals surface area contributed by atoms with E-state index in [-0.39, 0.29) is 0 Å². The molecule has 11 heavy (non-hydrogen) atoms. The van der Waals surface area contributed by atoms with E-state index in [2.05, 4.69) is 6.92 Å². The van der Waals surface area contributed by atoms with Crippen LogP contribution in [0.3, 0.4) is 0 Å². The largest absolute Gasteiger partial charge is 0.330 e. The summed E-state index contributed by atoms with van der Waals surface area (Å²) < 4.78 is 0. The second kappa shape index (κ2) is 2.48. The van der Waals surface area contributed by atoms with Gasteiger partial charge in [-0.15, -0.1) is 0 Å². The second-order valence-corrected chi connectivity index (χ2v) is 4.69. The van der Waals surface area contributed by atoms with Crippen molar-refractivity contribution in [3.05, 3.63) is 0 Å². The van der Waals surface area contributed by atoms with E-state index in [1.165, 1.54) is 32.1 Å². The molecule has 0 aromatic rings. The normalized spacial score (nSPS) is 44.7. The molecule has 0 aliphatic heterocycles. The van der Waals surface area contributed by atoms with E-state index in [1.807, 2.05) is 0 Å². The fraction of sp³-hybridized carbons (Fsp3) is 1.00. The highest BCUT2D eigenvalue weighted by Crippen LogP contribution is 2.55. The Hall–Kier alpha value is -0.0400. The third-order valence-electron chi connectivity index (χ3n) is 3.74. The lowest BCUT2D eigenvalue weighted by atomic mass is 9.80. The van der Waals surface area contributed by atoms with E-state index >= 15 is 0 Å². The van der Waals surface area contributed by atoms with Crippen LogP contribution in [0.5, 0.6) is 0 Å². The Morgan fingerprint density at radius 1 is 1.36 bits per heavy atom. The zero-order chi connectivity index (χ0) is 7.90. The fourth-order valence-corrected chi connectivity index (χ4v) is 2.85. The van der Waals surface area contributed by atoms with Gasteiger partial charge in [-0.2, -0.15) is 0 Å². The molecule has 0 saturated heterocycles. The van der Waals surface area contributed by atoms with Crippen molar-refractivity contribution in [2.24, 2.45) is 23.0 Å². The number of nitrogens with two attached hydrogens (primary N) is 1. The molecule has 0 radical (unpaired) electrons. The zero-order valence-corrected chi connectivity index (χ0v) is 7.47. The Kier molecular flexibility index (Phi) is 1.71. The molecule has 0 aromatic carbocycles. The van der Waals surface area contributed by atoms with Gasteiger partial charge in [0.2, 0.25) is 0 Å². The van der Waals surface area contributed by atoms with Gasteiger partial charge >= 0.3 is 0 Å². The summed E-state index contributed by atoms with van der Waals surface area (Å²) in [5, 5.41) is 0. The lowest BCUT2D eigenvalue weighted by molar-refractivity contribution is 0.250. The summed E-state index contributed by atoms with van der Waals surface area (Å²) in [7, 11) is 0. The maximum absolute atomic E-state index is 5.87. The van der Waals surface area contributed by atoms with E-state index < -0.39 is 0 Å². The summed E-state index contributed by atoms with van der Waals surface area (Å²) in [6.07, 6.45) is 7.17. The van der Waals surface area contributed by atoms with Gasteiger partial charge in [0.05, 0.1) is 0 Å². The van der Waals surface area contributed by atoms with E-state index in [4.69, 9.17) is 5.73 Å². The molecule has 2 atom stereocenters. The minimum Gasteiger partial charge on any atom is -0.330 e. The summed E-state index contributed by atoms with van der Waals surface area (Å²) >= 11 is 0. The first-order chi connectivity index (χ1) is 5.27. The molecular formula is C10H19N. The Bertz CT molecular complexity index is 151. The van der Waals surface area contributed by atoms with E-state index in [9.17, 15) is 0 Å². The number of hydrogen-bond donors (Lipinski definition) is 1. The predicted octanol–water partition coefficient (Wildman–Crippen LogP) is 2.16. The standard InChI is InChI=1S/C10H19N/c1-8-4-5-10(6-8,7-11)9-2-3-9/h8-9H,2-7,11H2,1H3. The molecule has 0 heterocycles. The van der Waals surface area contributed by atoms with Crippen molar-refractivity contribution in [2.45, 2.75) is 39.0 Å². The molecule has 2 N–H and O–H groups in total. The van der Waals surface area contributed by atoms with Gasteiger partial charge in [0.25, 0.3) is 0 Å². The van der Waals surface area contributed by atoms with Gasteiger partial charge in [-0.3, -0.25) is 0 Å². The van der Waals surface area contributed by atoms with Gasteiger partial charge in [-0.05, 0) is 49.5 Å². The molecular weight excluding hydrogens is 134 g/mol. The Morgan fingerprint density at radius 2 is 2.09 bits per heavy atom. The highest BCUT2D eigenvalue weighted by Gasteiger charge is 2.47. The van der Waals surface area contributed by atoms with Crippen LogP contribution < -0.4 is 5.73 Å². The van der Waals surface area contributed by atoms with Gasteiger partial charge in [-0.1, -0.05) is 13.3 Å². The molecule has 64 valence electrons. The lowest BCUT2D eigenvalue weighted by Crippen LogP contribution is -2.29. The van der Waals surface area contributed by atoms with E-state index in [1.54, 1.807) is 0 Å². The van der Waals surface area contributed by atoms with Gasteiger partial charge in [0.1, 0.15) is 0 Å². The van der Waals surface area contributed by atoms with Gasteiger partial charge < -0.3 is 5.73 Å². The molecule has 0 spiro atoms. The third-order valence-corrected chi connectivity index (χ3v) is 3.74. The highest BCUT2D eigenvalue weighted by atomic mass is 14.7. The van der Waals surface area contributed by atoms with Crippen LogP contribution in [0.2, 0.25) is 0 Å². The molecule has 2 fully saturated rings. The molecule has 2 saturated carbocycles. The molecule has 1 nitrogen and oxygen atoms in total. The number of rotatable bonds is 2. The maximum atomic E-state index is 5.87. The average molecular weight is 153 g/mol. The van der Waals surface area contributed by atoms with Crippen molar-refractivity contribution in [3.63, 3.8) is 0 Å². The lowest BCUT2D eigenvalue weighted by Gasteiger charge is -2.27. The first-order valence-electron chi connectivity index (χ1n) is 4.97. The first kappa shape index (κ1) is 7.60. The van der Waals surface area contributed by atoms with Crippen LogP contribution in [0.15, 0.2) is 0 Å². The van der Waals surface area contributed by atoms with E-state index in [0.29, 0.717) is 5.41 Å². The van der Waals surface area contributed by atoms with E-state index in [0.717, 1.165) is 18.4 Å². The van der Waals surface area contributed by atoms with Crippen molar-refractivity contribution in [3.8, 4) is 0 Å². The van der Waals surface area contributed by atoms with Crippen molar-refractivity contribution >= 4 is 0 Å². The molecule has 1 heteroatoms. The van der Waals surface area contributed by atoms with Crippen molar-refractivity contribution < 1.29 is 0 Å². The summed E-state index contributed by atoms with van der Waals surface area (Å²) in [4.78, 5) is 0. The highest BCUT2D eigenvalue weighted by molar-refractivity contribution is 4.99. The number of hydrogen-bond acceptors (Lipinski definition) is 1. The SMILES string of the molecule is CC1CCC(CN)(C2CC2)C1. The van der Waals surface area contributed by atoms with Crippen LogP contribution in [0.4, 0.5) is 0 Å². The minimum atomic E-state index is 0.597. The van der Waals surface area contributed by atoms with Crippen molar-refractivity contribution in [1.82, 2.24) is 0 Å². The molecule has 2 rings (SSSR count). The predicted molar refractivity (Wildman–Crippen MR) is 47.2 cm³/mol. The first-order valence-corrected chi connectivity index (χ1v) is 4.97. The van der Waals surface area contributed by atoms with Crippen LogP contribution in [-0.2, 0) is 0 Å². The van der Waals surface area contributed by atoms with Gasteiger partial charge in [0, 0.05) is 0 Å². The van der Waals surface area contributed by atoms with Crippen LogP contribution in [-0.4, -0.2) is 6.54 Å². The topological polar surface area (TPSA) is 26.0 Å². The van der Waals surface area contributed by atoms with Crippen molar-refractivity contribution in [1.29, 1.82) is 0 Å². The Labute approximate surface area is 69.4 Å². The van der Waals surface area contributed by atoms with Crippen LogP contribution in [0.25, 0.3) is 0 Å². The molecule has 2 unspecified atom stereocenters. The maximum Gasteiger partial charge on any atom is -0.00178 e. The monoisotopic (exact) mass is 153 g/mol. The molecule has 0 bridgehead atoms. The van der Waals surface area contributed by atoms with Crippen LogP contribution >= 0.6 is 0 Å². The Morgan fingerprint density at radius 3 is 2.45 bits per heavy atom. The molecule has 2 aliphatic carbocycles. The molecule has 2 aliphatic rings. The zero-order valence-electron chi connectivity index (χ0n) is 7.47. The summed E-state index contributed by atoms with van der Waals surface area (Å²) in [6, 6.07) is 0. The molecule has 0 amide bonds. The van der Waals surface area contributed by atoms with Gasteiger partial charge in [0.15, 0.2) is 0 Å². The average Bonchev–Trinajstić information content (AvgIpc) is 2.77. The minimum absolute atomic E-state index is 0.597. The third kappa shape index (κ3) is 1.20. The molecule has 0 aromatic heterocycles. The van der Waals surface area contributed by atoms with Crippen LogP contribution in [0.1, 0.15) is 39.0 Å². The summed E-state index contributed by atoms with van der Waals surface area (Å²) in [6.45, 7) is 3.32. The second-order valence-electron chi connectivity index (χ2n) is 4.69.